The number of amides is 2. The molecule has 6 nitrogen and oxygen atoms in total. The van der Waals surface area contributed by atoms with Crippen molar-refractivity contribution < 1.29 is 23.5 Å². The Hall–Kier alpha value is -3.22. The summed E-state index contributed by atoms with van der Waals surface area (Å²) in [6.45, 7) is 3.22. The van der Waals surface area contributed by atoms with E-state index in [4.69, 9.17) is 4.74 Å². The molecule has 0 radical (unpaired) electrons. The topological polar surface area (TPSA) is 84.5 Å². The van der Waals surface area contributed by atoms with E-state index in [1.807, 2.05) is 31.2 Å². The maximum absolute atomic E-state index is 13.1. The van der Waals surface area contributed by atoms with Crippen LogP contribution < -0.4 is 10.6 Å². The number of ether oxygens (including phenoxy) is 1. The quantitative estimate of drug-likeness (QED) is 0.665. The summed E-state index contributed by atoms with van der Waals surface area (Å²) in [5.74, 6) is -1.88. The fourth-order valence-corrected chi connectivity index (χ4v) is 2.98. The van der Waals surface area contributed by atoms with Gasteiger partial charge in [-0.25, -0.2) is 9.18 Å². The third-order valence-electron chi connectivity index (χ3n) is 4.53. The average Bonchev–Trinajstić information content (AvgIpc) is 2.69. The Bertz CT molecular complexity index is 867. The predicted molar refractivity (Wildman–Crippen MR) is 107 cm³/mol. The maximum atomic E-state index is 13.1. The van der Waals surface area contributed by atoms with E-state index in [2.05, 4.69) is 10.6 Å². The van der Waals surface area contributed by atoms with Gasteiger partial charge in [-0.05, 0) is 35.7 Å². The Morgan fingerprint density at radius 2 is 1.62 bits per heavy atom. The zero-order chi connectivity index (χ0) is 21.4. The highest BCUT2D eigenvalue weighted by Crippen LogP contribution is 2.12. The Labute approximate surface area is 169 Å². The second-order valence-electron chi connectivity index (χ2n) is 6.80. The van der Waals surface area contributed by atoms with Gasteiger partial charge in [0.15, 0.2) is 0 Å². The molecule has 0 fully saturated rings. The summed E-state index contributed by atoms with van der Waals surface area (Å²) in [6, 6.07) is 11.4. The first-order valence-corrected chi connectivity index (χ1v) is 9.24. The Morgan fingerprint density at radius 3 is 2.21 bits per heavy atom. The minimum atomic E-state index is -0.915. The molecule has 2 aromatic carbocycles. The van der Waals surface area contributed by atoms with Crippen molar-refractivity contribution in [1.82, 2.24) is 10.6 Å². The van der Waals surface area contributed by atoms with Crippen LogP contribution in [0.25, 0.3) is 0 Å². The molecule has 0 aromatic heterocycles. The molecule has 29 heavy (non-hydrogen) atoms. The first kappa shape index (κ1) is 22.1. The van der Waals surface area contributed by atoms with Crippen molar-refractivity contribution in [3.63, 3.8) is 0 Å². The molecule has 0 saturated heterocycles. The number of halogens is 1. The number of carbonyl (C=O) groups excluding carboxylic acids is 3. The molecule has 7 heteroatoms. The zero-order valence-electron chi connectivity index (χ0n) is 16.7. The summed E-state index contributed by atoms with van der Waals surface area (Å²) in [6.07, 6.45) is 0.415. The monoisotopic (exact) mass is 400 g/mol. The summed E-state index contributed by atoms with van der Waals surface area (Å²) in [4.78, 5) is 36.7. The second-order valence-corrected chi connectivity index (χ2v) is 6.80. The summed E-state index contributed by atoms with van der Waals surface area (Å²) in [7, 11) is 1.25. The fraction of sp³-hybridized carbons (Fsp3) is 0.318. The Morgan fingerprint density at radius 1 is 0.966 bits per heavy atom. The first-order valence-electron chi connectivity index (χ1n) is 9.24. The maximum Gasteiger partial charge on any atom is 0.328 e. The van der Waals surface area contributed by atoms with E-state index in [1.165, 1.54) is 26.2 Å². The van der Waals surface area contributed by atoms with E-state index in [0.717, 1.165) is 11.1 Å². The van der Waals surface area contributed by atoms with Crippen LogP contribution in [-0.2, 0) is 32.0 Å². The lowest BCUT2D eigenvalue weighted by atomic mass is 10.00. The van der Waals surface area contributed by atoms with Crippen molar-refractivity contribution in [1.29, 1.82) is 0 Å². The molecule has 2 N–H and O–H groups in total. The van der Waals surface area contributed by atoms with Gasteiger partial charge in [0, 0.05) is 19.8 Å². The smallest absolute Gasteiger partial charge is 0.328 e. The number of esters is 1. The Balaban J connectivity index is 2.17. The van der Waals surface area contributed by atoms with E-state index in [0.29, 0.717) is 5.56 Å². The molecule has 0 saturated carbocycles. The number of aryl methyl sites for hydroxylation is 1. The number of hydrogen-bond donors (Lipinski definition) is 2. The number of nitrogens with one attached hydrogen (secondary N) is 2. The van der Waals surface area contributed by atoms with E-state index in [9.17, 15) is 18.8 Å². The van der Waals surface area contributed by atoms with E-state index in [-0.39, 0.29) is 18.7 Å². The molecule has 0 heterocycles. The second kappa shape index (κ2) is 10.4. The zero-order valence-corrected chi connectivity index (χ0v) is 16.7. The van der Waals surface area contributed by atoms with Crippen LogP contribution >= 0.6 is 0 Å². The van der Waals surface area contributed by atoms with Gasteiger partial charge < -0.3 is 15.4 Å². The summed E-state index contributed by atoms with van der Waals surface area (Å²) >= 11 is 0. The number of benzene rings is 2. The molecule has 2 rings (SSSR count). The number of methoxy groups -OCH3 is 1. The minimum absolute atomic E-state index is 0.157. The SMILES string of the molecule is COC(=O)[C@@H](Cc1ccccc1C)NC(=O)[C@H](Cc1ccc(F)cc1)NC(C)=O. The van der Waals surface area contributed by atoms with Crippen LogP contribution in [0.3, 0.4) is 0 Å². The van der Waals surface area contributed by atoms with Gasteiger partial charge in [0.05, 0.1) is 7.11 Å². The summed E-state index contributed by atoms with van der Waals surface area (Å²) < 4.78 is 18.0. The Kier molecular flexibility index (Phi) is 7.88. The largest absolute Gasteiger partial charge is 0.467 e. The van der Waals surface area contributed by atoms with Gasteiger partial charge in [-0.3, -0.25) is 9.59 Å². The van der Waals surface area contributed by atoms with Crippen LogP contribution in [0.2, 0.25) is 0 Å². The van der Waals surface area contributed by atoms with Gasteiger partial charge in [0.2, 0.25) is 11.8 Å². The molecule has 0 aliphatic carbocycles. The van der Waals surface area contributed by atoms with Crippen LogP contribution in [0.5, 0.6) is 0 Å². The van der Waals surface area contributed by atoms with E-state index in [1.54, 1.807) is 12.1 Å². The summed E-state index contributed by atoms with van der Waals surface area (Å²) in [5, 5.41) is 5.26. The van der Waals surface area contributed by atoms with Crippen molar-refractivity contribution in [3.8, 4) is 0 Å². The van der Waals surface area contributed by atoms with Gasteiger partial charge >= 0.3 is 5.97 Å². The van der Waals surface area contributed by atoms with Crippen LogP contribution in [0.1, 0.15) is 23.6 Å². The molecular weight excluding hydrogens is 375 g/mol. The van der Waals surface area contributed by atoms with E-state index < -0.39 is 29.8 Å². The van der Waals surface area contributed by atoms with Crippen molar-refractivity contribution >= 4 is 17.8 Å². The average molecular weight is 400 g/mol. The van der Waals surface area contributed by atoms with Crippen molar-refractivity contribution in [2.75, 3.05) is 7.11 Å². The first-order chi connectivity index (χ1) is 13.8. The third kappa shape index (κ3) is 6.71. The van der Waals surface area contributed by atoms with Crippen molar-refractivity contribution in [2.24, 2.45) is 0 Å². The van der Waals surface area contributed by atoms with Crippen LogP contribution in [-0.4, -0.2) is 37.0 Å². The highest BCUT2D eigenvalue weighted by Gasteiger charge is 2.27. The molecule has 0 spiro atoms. The number of rotatable bonds is 8. The van der Waals surface area contributed by atoms with Crippen molar-refractivity contribution in [2.45, 2.75) is 38.8 Å². The fourth-order valence-electron chi connectivity index (χ4n) is 2.98. The molecule has 0 aliphatic rings. The number of carbonyl (C=O) groups is 3. The third-order valence-corrected chi connectivity index (χ3v) is 4.53. The highest BCUT2D eigenvalue weighted by molar-refractivity contribution is 5.90. The van der Waals surface area contributed by atoms with Crippen LogP contribution in [0, 0.1) is 12.7 Å². The molecule has 154 valence electrons. The van der Waals surface area contributed by atoms with Gasteiger partial charge in [-0.2, -0.15) is 0 Å². The lowest BCUT2D eigenvalue weighted by Gasteiger charge is -2.22. The molecule has 0 aliphatic heterocycles. The molecule has 0 bridgehead atoms. The number of hydrogen-bond acceptors (Lipinski definition) is 4. The summed E-state index contributed by atoms with van der Waals surface area (Å²) in [5.41, 5.74) is 2.56. The van der Waals surface area contributed by atoms with Crippen LogP contribution in [0.15, 0.2) is 48.5 Å². The predicted octanol–water partition coefficient (Wildman–Crippen LogP) is 2.08. The van der Waals surface area contributed by atoms with Crippen LogP contribution in [0.4, 0.5) is 4.39 Å². The standard InChI is InChI=1S/C22H25FN2O4/c1-14-6-4-5-7-17(14)13-20(22(28)29-3)25-21(27)19(24-15(2)26)12-16-8-10-18(23)11-9-16/h4-11,19-20H,12-13H2,1-3H3,(H,24,26)(H,25,27)/t19-,20+/m0/s1. The normalized spacial score (nSPS) is 12.6. The lowest BCUT2D eigenvalue weighted by Crippen LogP contribution is -2.53. The van der Waals surface area contributed by atoms with Gasteiger partial charge in [-0.15, -0.1) is 0 Å². The molecule has 2 aromatic rings. The highest BCUT2D eigenvalue weighted by atomic mass is 19.1. The van der Waals surface area contributed by atoms with Gasteiger partial charge in [0.25, 0.3) is 0 Å². The van der Waals surface area contributed by atoms with Gasteiger partial charge in [-0.1, -0.05) is 36.4 Å². The van der Waals surface area contributed by atoms with Crippen molar-refractivity contribution in [3.05, 3.63) is 71.0 Å². The molecule has 2 amide bonds. The minimum Gasteiger partial charge on any atom is -0.467 e. The molecular formula is C22H25FN2O4. The van der Waals surface area contributed by atoms with Gasteiger partial charge in [0.1, 0.15) is 17.9 Å². The lowest BCUT2D eigenvalue weighted by molar-refractivity contribution is -0.145. The molecule has 2 atom stereocenters. The molecule has 0 unspecified atom stereocenters. The van der Waals surface area contributed by atoms with E-state index >= 15 is 0 Å².